The zero-order valence-electron chi connectivity index (χ0n) is 10.4. The second kappa shape index (κ2) is 5.46. The Kier molecular flexibility index (Phi) is 3.53. The maximum absolute atomic E-state index is 5.38. The molecule has 1 saturated heterocycles. The van der Waals surface area contributed by atoms with Crippen molar-refractivity contribution in [1.82, 2.24) is 10.3 Å². The number of rotatable bonds is 4. The predicted molar refractivity (Wildman–Crippen MR) is 72.4 cm³/mol. The molecule has 1 aromatic heterocycles. The van der Waals surface area contributed by atoms with Crippen molar-refractivity contribution in [1.29, 1.82) is 0 Å². The first kappa shape index (κ1) is 11.6. The van der Waals surface area contributed by atoms with Crippen molar-refractivity contribution in [2.24, 2.45) is 5.92 Å². The molecular weight excluding hydrogens is 224 g/mol. The van der Waals surface area contributed by atoms with Gasteiger partial charge >= 0.3 is 0 Å². The lowest BCUT2D eigenvalue weighted by atomic mass is 10.1. The van der Waals surface area contributed by atoms with Crippen LogP contribution in [0.1, 0.15) is 12.0 Å². The maximum Gasteiger partial charge on any atom is 0.0507 e. The van der Waals surface area contributed by atoms with Crippen LogP contribution in [0.5, 0.6) is 0 Å². The molecule has 1 aliphatic heterocycles. The van der Waals surface area contributed by atoms with Crippen molar-refractivity contribution in [2.75, 3.05) is 19.8 Å². The van der Waals surface area contributed by atoms with Crippen molar-refractivity contribution in [3.8, 4) is 0 Å². The van der Waals surface area contributed by atoms with Crippen molar-refractivity contribution < 1.29 is 4.74 Å². The van der Waals surface area contributed by atoms with Crippen LogP contribution in [0.15, 0.2) is 36.7 Å². The molecule has 2 heterocycles. The minimum atomic E-state index is 0.682. The molecule has 1 unspecified atom stereocenters. The molecule has 3 nitrogen and oxygen atoms in total. The Labute approximate surface area is 107 Å². The van der Waals surface area contributed by atoms with E-state index in [1.54, 1.807) is 0 Å². The van der Waals surface area contributed by atoms with Crippen LogP contribution in [0.25, 0.3) is 10.8 Å². The number of pyridine rings is 1. The number of fused-ring (bicyclic) bond motifs is 1. The Balaban J connectivity index is 1.66. The molecule has 0 amide bonds. The summed E-state index contributed by atoms with van der Waals surface area (Å²) in [5.41, 5.74) is 1.34. The van der Waals surface area contributed by atoms with Crippen molar-refractivity contribution in [2.45, 2.75) is 13.0 Å². The summed E-state index contributed by atoms with van der Waals surface area (Å²) in [5, 5.41) is 6.04. The van der Waals surface area contributed by atoms with Crippen LogP contribution in [-0.4, -0.2) is 24.7 Å². The van der Waals surface area contributed by atoms with E-state index >= 15 is 0 Å². The van der Waals surface area contributed by atoms with Crippen LogP contribution in [0.4, 0.5) is 0 Å². The molecular formula is C15H18N2O. The zero-order valence-corrected chi connectivity index (χ0v) is 10.4. The Morgan fingerprint density at radius 1 is 1.33 bits per heavy atom. The molecule has 0 aliphatic carbocycles. The molecule has 0 saturated carbocycles. The van der Waals surface area contributed by atoms with Gasteiger partial charge in [-0.05, 0) is 29.4 Å². The maximum atomic E-state index is 5.38. The van der Waals surface area contributed by atoms with Crippen LogP contribution in [0.2, 0.25) is 0 Å². The summed E-state index contributed by atoms with van der Waals surface area (Å²) < 4.78 is 5.38. The van der Waals surface area contributed by atoms with Gasteiger partial charge in [-0.3, -0.25) is 4.98 Å². The Morgan fingerprint density at radius 2 is 2.33 bits per heavy atom. The molecule has 3 heteroatoms. The third-order valence-corrected chi connectivity index (χ3v) is 3.54. The Hall–Kier alpha value is -1.45. The van der Waals surface area contributed by atoms with Gasteiger partial charge in [0.2, 0.25) is 0 Å². The van der Waals surface area contributed by atoms with Gasteiger partial charge in [0.05, 0.1) is 6.61 Å². The highest BCUT2D eigenvalue weighted by molar-refractivity contribution is 5.84. The summed E-state index contributed by atoms with van der Waals surface area (Å²) in [7, 11) is 0. The summed E-state index contributed by atoms with van der Waals surface area (Å²) in [4.78, 5) is 4.16. The Morgan fingerprint density at radius 3 is 3.22 bits per heavy atom. The monoisotopic (exact) mass is 242 g/mol. The molecule has 0 radical (unpaired) electrons. The summed E-state index contributed by atoms with van der Waals surface area (Å²) in [6, 6.07) is 8.47. The number of benzene rings is 1. The molecule has 1 aliphatic rings. The van der Waals surface area contributed by atoms with Gasteiger partial charge in [0.25, 0.3) is 0 Å². The lowest BCUT2D eigenvalue weighted by molar-refractivity contribution is 0.185. The van der Waals surface area contributed by atoms with Gasteiger partial charge in [-0.15, -0.1) is 0 Å². The summed E-state index contributed by atoms with van der Waals surface area (Å²) in [5.74, 6) is 0.682. The number of aromatic nitrogens is 1. The average molecular weight is 242 g/mol. The minimum Gasteiger partial charge on any atom is -0.381 e. The van der Waals surface area contributed by atoms with Gasteiger partial charge in [0, 0.05) is 37.5 Å². The van der Waals surface area contributed by atoms with E-state index < -0.39 is 0 Å². The second-order valence-corrected chi connectivity index (χ2v) is 4.87. The van der Waals surface area contributed by atoms with E-state index in [0.29, 0.717) is 5.92 Å². The molecule has 18 heavy (non-hydrogen) atoms. The topological polar surface area (TPSA) is 34.1 Å². The molecule has 0 spiro atoms. The van der Waals surface area contributed by atoms with Gasteiger partial charge in [0.15, 0.2) is 0 Å². The van der Waals surface area contributed by atoms with Crippen molar-refractivity contribution >= 4 is 10.8 Å². The molecule has 0 bridgehead atoms. The van der Waals surface area contributed by atoms with Gasteiger partial charge in [-0.2, -0.15) is 0 Å². The molecule has 1 aromatic carbocycles. The highest BCUT2D eigenvalue weighted by Gasteiger charge is 2.14. The second-order valence-electron chi connectivity index (χ2n) is 4.87. The number of nitrogens with one attached hydrogen (secondary N) is 1. The van der Waals surface area contributed by atoms with E-state index in [2.05, 4.69) is 34.6 Å². The third-order valence-electron chi connectivity index (χ3n) is 3.54. The summed E-state index contributed by atoms with van der Waals surface area (Å²) in [6.07, 6.45) is 4.97. The van der Waals surface area contributed by atoms with E-state index in [4.69, 9.17) is 4.74 Å². The van der Waals surface area contributed by atoms with Crippen LogP contribution < -0.4 is 5.32 Å². The summed E-state index contributed by atoms with van der Waals surface area (Å²) >= 11 is 0. The van der Waals surface area contributed by atoms with Crippen LogP contribution in [0.3, 0.4) is 0 Å². The first-order chi connectivity index (χ1) is 8.93. The SMILES string of the molecule is c1cc(CNCC2CCOC2)c2ccncc2c1. The normalized spacial score (nSPS) is 19.4. The number of ether oxygens (including phenoxy) is 1. The van der Waals surface area contributed by atoms with Crippen LogP contribution in [0, 0.1) is 5.92 Å². The minimum absolute atomic E-state index is 0.682. The standard InChI is InChI=1S/C15H18N2O/c1-2-13-9-16-6-4-15(13)14(3-1)10-17-8-12-5-7-18-11-12/h1-4,6,9,12,17H,5,7-8,10-11H2. The smallest absolute Gasteiger partial charge is 0.0507 e. The molecule has 3 rings (SSSR count). The van der Waals surface area contributed by atoms with Crippen LogP contribution in [-0.2, 0) is 11.3 Å². The first-order valence-electron chi connectivity index (χ1n) is 6.53. The molecule has 1 fully saturated rings. The zero-order chi connectivity index (χ0) is 12.2. The van der Waals surface area contributed by atoms with Gasteiger partial charge in [0.1, 0.15) is 0 Å². The van der Waals surface area contributed by atoms with E-state index in [0.717, 1.165) is 26.3 Å². The van der Waals surface area contributed by atoms with Crippen molar-refractivity contribution in [3.63, 3.8) is 0 Å². The van der Waals surface area contributed by atoms with Gasteiger partial charge in [-0.25, -0.2) is 0 Å². The first-order valence-corrected chi connectivity index (χ1v) is 6.53. The van der Waals surface area contributed by atoms with E-state index in [1.165, 1.54) is 22.8 Å². The third kappa shape index (κ3) is 2.52. The lowest BCUT2D eigenvalue weighted by Crippen LogP contribution is -2.22. The van der Waals surface area contributed by atoms with E-state index in [-0.39, 0.29) is 0 Å². The van der Waals surface area contributed by atoms with Gasteiger partial charge in [-0.1, -0.05) is 18.2 Å². The van der Waals surface area contributed by atoms with Gasteiger partial charge < -0.3 is 10.1 Å². The Bertz CT molecular complexity index is 515. The highest BCUT2D eigenvalue weighted by atomic mass is 16.5. The number of nitrogens with zero attached hydrogens (tertiary/aromatic N) is 1. The molecule has 1 N–H and O–H groups in total. The number of hydrogen-bond acceptors (Lipinski definition) is 3. The predicted octanol–water partition coefficient (Wildman–Crippen LogP) is 2.36. The van der Waals surface area contributed by atoms with E-state index in [9.17, 15) is 0 Å². The van der Waals surface area contributed by atoms with Crippen LogP contribution >= 0.6 is 0 Å². The molecule has 1 atom stereocenters. The fourth-order valence-corrected chi connectivity index (χ4v) is 2.50. The average Bonchev–Trinajstić information content (AvgIpc) is 2.92. The largest absolute Gasteiger partial charge is 0.381 e. The summed E-state index contributed by atoms with van der Waals surface area (Å²) in [6.45, 7) is 3.79. The fraction of sp³-hybridized carbons (Fsp3) is 0.400. The number of hydrogen-bond donors (Lipinski definition) is 1. The highest BCUT2D eigenvalue weighted by Crippen LogP contribution is 2.17. The quantitative estimate of drug-likeness (QED) is 0.893. The lowest BCUT2D eigenvalue weighted by Gasteiger charge is -2.11. The molecule has 94 valence electrons. The van der Waals surface area contributed by atoms with Crippen molar-refractivity contribution in [3.05, 3.63) is 42.2 Å². The fourth-order valence-electron chi connectivity index (χ4n) is 2.50. The molecule has 2 aromatic rings. The van der Waals surface area contributed by atoms with E-state index in [1.807, 2.05) is 12.4 Å².